The van der Waals surface area contributed by atoms with Crippen LogP contribution in [0.5, 0.6) is 0 Å². The van der Waals surface area contributed by atoms with Gasteiger partial charge < -0.3 is 10.2 Å². The Balaban J connectivity index is 1.76. The Hall–Kier alpha value is -2.73. The molecule has 1 N–H and O–H groups in total. The number of carbonyl (C=O) groups is 1. The van der Waals surface area contributed by atoms with Gasteiger partial charge in [0.2, 0.25) is 0 Å². The van der Waals surface area contributed by atoms with Crippen molar-refractivity contribution < 1.29 is 4.79 Å². The van der Waals surface area contributed by atoms with Gasteiger partial charge in [-0.1, -0.05) is 30.3 Å². The number of fused-ring (bicyclic) bond motifs is 1. The first-order valence-electron chi connectivity index (χ1n) is 8.26. The van der Waals surface area contributed by atoms with Crippen LogP contribution in [0.1, 0.15) is 27.7 Å². The zero-order valence-electron chi connectivity index (χ0n) is 15.0. The maximum atomic E-state index is 12.6. The highest BCUT2D eigenvalue weighted by molar-refractivity contribution is 5.97. The van der Waals surface area contributed by atoms with Gasteiger partial charge in [0, 0.05) is 25.2 Å². The van der Waals surface area contributed by atoms with Crippen LogP contribution in [-0.4, -0.2) is 46.2 Å². The standard InChI is InChI=1S/C19H23N5O/c1-13-16-10-15(11-20-18(16)24(4)22-13)19(25)21-12-17(23(2)3)14-8-6-5-7-9-14/h5-11,17H,12H2,1-4H3,(H,21,25). The number of hydrogen-bond acceptors (Lipinski definition) is 4. The van der Waals surface area contributed by atoms with Crippen molar-refractivity contribution in [3.63, 3.8) is 0 Å². The third-order valence-corrected chi connectivity index (χ3v) is 4.39. The summed E-state index contributed by atoms with van der Waals surface area (Å²) in [5.41, 5.74) is 3.37. The maximum Gasteiger partial charge on any atom is 0.252 e. The van der Waals surface area contributed by atoms with E-state index in [0.29, 0.717) is 12.1 Å². The number of hydrogen-bond donors (Lipinski definition) is 1. The van der Waals surface area contributed by atoms with Crippen molar-refractivity contribution in [3.8, 4) is 0 Å². The van der Waals surface area contributed by atoms with Crippen LogP contribution in [0.3, 0.4) is 0 Å². The molecule has 0 aliphatic rings. The molecule has 130 valence electrons. The molecule has 0 saturated carbocycles. The minimum absolute atomic E-state index is 0.113. The minimum atomic E-state index is -0.125. The zero-order chi connectivity index (χ0) is 18.0. The van der Waals surface area contributed by atoms with Gasteiger partial charge in [-0.15, -0.1) is 0 Å². The van der Waals surface area contributed by atoms with Crippen LogP contribution in [0.15, 0.2) is 42.6 Å². The SMILES string of the molecule is Cc1nn(C)c2ncc(C(=O)NCC(c3ccccc3)N(C)C)cc12. The number of aryl methyl sites for hydroxylation is 2. The summed E-state index contributed by atoms with van der Waals surface area (Å²) in [7, 11) is 5.87. The van der Waals surface area contributed by atoms with E-state index in [-0.39, 0.29) is 11.9 Å². The van der Waals surface area contributed by atoms with E-state index in [1.165, 1.54) is 5.56 Å². The van der Waals surface area contributed by atoms with Crippen LogP contribution in [-0.2, 0) is 7.05 Å². The predicted molar refractivity (Wildman–Crippen MR) is 98.4 cm³/mol. The molecule has 1 atom stereocenters. The van der Waals surface area contributed by atoms with Gasteiger partial charge in [-0.25, -0.2) is 4.98 Å². The highest BCUT2D eigenvalue weighted by Gasteiger charge is 2.17. The molecule has 0 bridgehead atoms. The van der Waals surface area contributed by atoms with Crippen LogP contribution in [0, 0.1) is 6.92 Å². The summed E-state index contributed by atoms with van der Waals surface area (Å²) in [5.74, 6) is -0.125. The van der Waals surface area contributed by atoms with Gasteiger partial charge in [-0.05, 0) is 32.6 Å². The molecule has 2 aromatic heterocycles. The molecule has 0 radical (unpaired) electrons. The fraction of sp³-hybridized carbons (Fsp3) is 0.316. The largest absolute Gasteiger partial charge is 0.350 e. The molecule has 0 aliphatic heterocycles. The number of carbonyl (C=O) groups excluding carboxylic acids is 1. The fourth-order valence-corrected chi connectivity index (χ4v) is 3.00. The number of nitrogens with zero attached hydrogens (tertiary/aromatic N) is 4. The summed E-state index contributed by atoms with van der Waals surface area (Å²) in [6.45, 7) is 2.45. The molecule has 0 spiro atoms. The van der Waals surface area contributed by atoms with Crippen molar-refractivity contribution in [2.24, 2.45) is 7.05 Å². The second-order valence-corrected chi connectivity index (χ2v) is 6.40. The Morgan fingerprint density at radius 2 is 2.00 bits per heavy atom. The van der Waals surface area contributed by atoms with Gasteiger partial charge >= 0.3 is 0 Å². The molecular weight excluding hydrogens is 314 g/mol. The van der Waals surface area contributed by atoms with E-state index < -0.39 is 0 Å². The molecule has 6 heteroatoms. The number of likely N-dealkylation sites (N-methyl/N-ethyl adjacent to an activating group) is 1. The van der Waals surface area contributed by atoms with E-state index in [1.54, 1.807) is 10.9 Å². The molecule has 3 rings (SSSR count). The lowest BCUT2D eigenvalue weighted by Gasteiger charge is -2.25. The number of rotatable bonds is 5. The molecule has 25 heavy (non-hydrogen) atoms. The summed E-state index contributed by atoms with van der Waals surface area (Å²) in [5, 5.41) is 8.27. The molecule has 0 fully saturated rings. The van der Waals surface area contributed by atoms with Gasteiger partial charge in [0.05, 0.1) is 17.3 Å². The molecule has 0 aliphatic carbocycles. The predicted octanol–water partition coefficient (Wildman–Crippen LogP) is 2.31. The Bertz CT molecular complexity index is 885. The maximum absolute atomic E-state index is 12.6. The molecule has 1 aromatic carbocycles. The number of benzene rings is 1. The van der Waals surface area contributed by atoms with E-state index >= 15 is 0 Å². The van der Waals surface area contributed by atoms with Crippen molar-refractivity contribution in [1.82, 2.24) is 25.0 Å². The van der Waals surface area contributed by atoms with Crippen molar-refractivity contribution in [2.45, 2.75) is 13.0 Å². The second kappa shape index (κ2) is 7.03. The topological polar surface area (TPSA) is 63.1 Å². The third kappa shape index (κ3) is 3.53. The zero-order valence-corrected chi connectivity index (χ0v) is 15.0. The van der Waals surface area contributed by atoms with Crippen molar-refractivity contribution in [2.75, 3.05) is 20.6 Å². The van der Waals surface area contributed by atoms with Crippen LogP contribution < -0.4 is 5.32 Å². The van der Waals surface area contributed by atoms with E-state index in [9.17, 15) is 4.79 Å². The average Bonchev–Trinajstić information content (AvgIpc) is 2.89. The molecule has 0 saturated heterocycles. The first kappa shape index (κ1) is 17.1. The lowest BCUT2D eigenvalue weighted by molar-refractivity contribution is 0.0941. The van der Waals surface area contributed by atoms with Gasteiger partial charge in [0.15, 0.2) is 5.65 Å². The van der Waals surface area contributed by atoms with Gasteiger partial charge in [-0.2, -0.15) is 5.10 Å². The molecular formula is C19H23N5O. The molecule has 1 unspecified atom stereocenters. The van der Waals surface area contributed by atoms with E-state index in [1.807, 2.05) is 52.3 Å². The Morgan fingerprint density at radius 1 is 1.28 bits per heavy atom. The third-order valence-electron chi connectivity index (χ3n) is 4.39. The van der Waals surface area contributed by atoms with Gasteiger partial charge in [0.25, 0.3) is 5.91 Å². The van der Waals surface area contributed by atoms with Crippen molar-refractivity contribution in [3.05, 3.63) is 59.4 Å². The molecule has 2 heterocycles. The first-order valence-corrected chi connectivity index (χ1v) is 8.26. The van der Waals surface area contributed by atoms with Crippen LogP contribution in [0.4, 0.5) is 0 Å². The van der Waals surface area contributed by atoms with Gasteiger partial charge in [-0.3, -0.25) is 9.48 Å². The number of pyridine rings is 1. The van der Waals surface area contributed by atoms with E-state index in [4.69, 9.17) is 0 Å². The summed E-state index contributed by atoms with van der Waals surface area (Å²) in [6.07, 6.45) is 1.60. The van der Waals surface area contributed by atoms with Gasteiger partial charge in [0.1, 0.15) is 0 Å². The summed E-state index contributed by atoms with van der Waals surface area (Å²) < 4.78 is 1.73. The quantitative estimate of drug-likeness (QED) is 0.776. The molecule has 6 nitrogen and oxygen atoms in total. The van der Waals surface area contributed by atoms with Crippen molar-refractivity contribution >= 4 is 16.9 Å². The Morgan fingerprint density at radius 3 is 2.68 bits per heavy atom. The molecule has 1 amide bonds. The lowest BCUT2D eigenvalue weighted by Crippen LogP contribution is -2.34. The second-order valence-electron chi connectivity index (χ2n) is 6.40. The number of nitrogens with one attached hydrogen (secondary N) is 1. The minimum Gasteiger partial charge on any atom is -0.350 e. The van der Waals surface area contributed by atoms with Crippen LogP contribution in [0.25, 0.3) is 11.0 Å². The van der Waals surface area contributed by atoms with Crippen molar-refractivity contribution in [1.29, 1.82) is 0 Å². The monoisotopic (exact) mass is 337 g/mol. The summed E-state index contributed by atoms with van der Waals surface area (Å²) in [4.78, 5) is 19.0. The highest BCUT2D eigenvalue weighted by atomic mass is 16.1. The smallest absolute Gasteiger partial charge is 0.252 e. The highest BCUT2D eigenvalue weighted by Crippen LogP contribution is 2.18. The Kier molecular flexibility index (Phi) is 4.81. The van der Waals surface area contributed by atoms with E-state index in [2.05, 4.69) is 32.4 Å². The Labute approximate surface area is 147 Å². The first-order chi connectivity index (χ1) is 12.0. The molecule has 3 aromatic rings. The average molecular weight is 337 g/mol. The number of amides is 1. The normalized spacial score (nSPS) is 12.5. The fourth-order valence-electron chi connectivity index (χ4n) is 3.00. The van der Waals surface area contributed by atoms with Crippen LogP contribution in [0.2, 0.25) is 0 Å². The van der Waals surface area contributed by atoms with Crippen LogP contribution >= 0.6 is 0 Å². The summed E-state index contributed by atoms with van der Waals surface area (Å²) in [6, 6.07) is 12.1. The van der Waals surface area contributed by atoms with E-state index in [0.717, 1.165) is 16.7 Å². The summed E-state index contributed by atoms with van der Waals surface area (Å²) >= 11 is 0. The lowest BCUT2D eigenvalue weighted by atomic mass is 10.1. The number of aromatic nitrogens is 3.